The Morgan fingerprint density at radius 3 is 2.67 bits per heavy atom. The van der Waals surface area contributed by atoms with Crippen molar-refractivity contribution in [3.63, 3.8) is 0 Å². The molecule has 5 heteroatoms. The number of carboxylic acids is 1. The monoisotopic (exact) mass is 292 g/mol. The highest BCUT2D eigenvalue weighted by Gasteiger charge is 2.50. The van der Waals surface area contributed by atoms with Crippen LogP contribution in [0.15, 0.2) is 24.3 Å². The molecule has 1 aliphatic rings. The molecule has 1 aromatic rings. The van der Waals surface area contributed by atoms with Crippen LogP contribution in [-0.4, -0.2) is 48.8 Å². The molecule has 1 aliphatic heterocycles. The Kier molecular flexibility index (Phi) is 4.25. The number of likely N-dealkylation sites (N-methyl/N-ethyl adjacent to an activating group) is 1. The third kappa shape index (κ3) is 3.19. The Hall–Kier alpha value is -1.59. The molecule has 2 rings (SSSR count). The van der Waals surface area contributed by atoms with Crippen molar-refractivity contribution < 1.29 is 14.6 Å². The standard InChI is InChI=1S/C16H24N2O3/c1-15(2)11-16(14(19)20,17-9-10-18(3)4)12-7-5-6-8-13(12)21-15/h5-8,17H,9-11H2,1-4H3,(H,19,20). The third-order valence-corrected chi connectivity index (χ3v) is 3.77. The molecule has 21 heavy (non-hydrogen) atoms. The smallest absolute Gasteiger partial charge is 0.328 e. The third-order valence-electron chi connectivity index (χ3n) is 3.77. The van der Waals surface area contributed by atoms with Crippen molar-refractivity contribution in [2.24, 2.45) is 0 Å². The first-order chi connectivity index (χ1) is 9.77. The van der Waals surface area contributed by atoms with Crippen LogP contribution in [0.1, 0.15) is 25.8 Å². The summed E-state index contributed by atoms with van der Waals surface area (Å²) in [7, 11) is 3.94. The SMILES string of the molecule is CN(C)CCNC1(C(=O)O)CC(C)(C)Oc2ccccc21. The van der Waals surface area contributed by atoms with E-state index in [1.54, 1.807) is 0 Å². The first-order valence-electron chi connectivity index (χ1n) is 7.18. The highest BCUT2D eigenvalue weighted by molar-refractivity contribution is 5.82. The van der Waals surface area contributed by atoms with Gasteiger partial charge in [0.2, 0.25) is 0 Å². The van der Waals surface area contributed by atoms with E-state index in [9.17, 15) is 9.90 Å². The van der Waals surface area contributed by atoms with Crippen LogP contribution in [0.3, 0.4) is 0 Å². The number of hydrogen-bond donors (Lipinski definition) is 2. The lowest BCUT2D eigenvalue weighted by molar-refractivity contribution is -0.149. The fraction of sp³-hybridized carbons (Fsp3) is 0.562. The molecule has 0 bridgehead atoms. The number of rotatable bonds is 5. The van der Waals surface area contributed by atoms with Crippen LogP contribution >= 0.6 is 0 Å². The van der Waals surface area contributed by atoms with E-state index >= 15 is 0 Å². The zero-order chi connectivity index (χ0) is 15.7. The first kappa shape index (κ1) is 15.8. The first-order valence-corrected chi connectivity index (χ1v) is 7.18. The quantitative estimate of drug-likeness (QED) is 0.864. The van der Waals surface area contributed by atoms with Crippen molar-refractivity contribution in [1.29, 1.82) is 0 Å². The summed E-state index contributed by atoms with van der Waals surface area (Å²) in [6.45, 7) is 5.23. The molecule has 2 N–H and O–H groups in total. The normalized spacial score (nSPS) is 23.5. The summed E-state index contributed by atoms with van der Waals surface area (Å²) in [5, 5.41) is 13.2. The highest BCUT2D eigenvalue weighted by Crippen LogP contribution is 2.43. The Balaban J connectivity index is 2.41. The van der Waals surface area contributed by atoms with Gasteiger partial charge in [0.05, 0.1) is 0 Å². The van der Waals surface area contributed by atoms with Crippen molar-refractivity contribution in [2.45, 2.75) is 31.4 Å². The van der Waals surface area contributed by atoms with Gasteiger partial charge in [-0.3, -0.25) is 5.32 Å². The van der Waals surface area contributed by atoms with Gasteiger partial charge in [-0.2, -0.15) is 0 Å². The van der Waals surface area contributed by atoms with Crippen molar-refractivity contribution in [3.05, 3.63) is 29.8 Å². The lowest BCUT2D eigenvalue weighted by Gasteiger charge is -2.44. The van der Waals surface area contributed by atoms with Gasteiger partial charge in [-0.15, -0.1) is 0 Å². The van der Waals surface area contributed by atoms with Gasteiger partial charge in [0.15, 0.2) is 0 Å². The average Bonchev–Trinajstić information content (AvgIpc) is 2.36. The van der Waals surface area contributed by atoms with E-state index in [0.717, 1.165) is 6.54 Å². The fourth-order valence-corrected chi connectivity index (χ4v) is 2.89. The van der Waals surface area contributed by atoms with Crippen LogP contribution in [0.5, 0.6) is 5.75 Å². The second-order valence-electron chi connectivity index (χ2n) is 6.48. The summed E-state index contributed by atoms with van der Waals surface area (Å²) in [4.78, 5) is 14.1. The van der Waals surface area contributed by atoms with Gasteiger partial charge < -0.3 is 14.7 Å². The van der Waals surface area contributed by atoms with Crippen LogP contribution < -0.4 is 10.1 Å². The lowest BCUT2D eigenvalue weighted by Crippen LogP contribution is -2.58. The molecule has 116 valence electrons. The number of carboxylic acid groups (broad SMARTS) is 1. The number of nitrogens with one attached hydrogen (secondary N) is 1. The maximum atomic E-state index is 12.1. The molecule has 1 aromatic carbocycles. The number of ether oxygens (including phenoxy) is 1. The minimum Gasteiger partial charge on any atom is -0.487 e. The molecule has 0 aliphatic carbocycles. The average molecular weight is 292 g/mol. The molecule has 1 unspecified atom stereocenters. The minimum atomic E-state index is -1.10. The van der Waals surface area contributed by atoms with Crippen molar-refractivity contribution in [3.8, 4) is 5.75 Å². The number of aliphatic carboxylic acids is 1. The molecule has 1 heterocycles. The Morgan fingerprint density at radius 2 is 2.05 bits per heavy atom. The Morgan fingerprint density at radius 1 is 1.38 bits per heavy atom. The van der Waals surface area contributed by atoms with E-state index in [1.165, 1.54) is 0 Å². The van der Waals surface area contributed by atoms with Gasteiger partial charge in [-0.25, -0.2) is 4.79 Å². The van der Waals surface area contributed by atoms with Crippen LogP contribution in [0.4, 0.5) is 0 Å². The number of benzene rings is 1. The maximum Gasteiger partial charge on any atom is 0.328 e. The molecule has 0 radical (unpaired) electrons. The van der Waals surface area contributed by atoms with E-state index < -0.39 is 17.1 Å². The van der Waals surface area contributed by atoms with Crippen molar-refractivity contribution >= 4 is 5.97 Å². The number of hydrogen-bond acceptors (Lipinski definition) is 4. The predicted octanol–water partition coefficient (Wildman–Crippen LogP) is 1.68. The zero-order valence-electron chi connectivity index (χ0n) is 13.1. The summed E-state index contributed by atoms with van der Waals surface area (Å²) < 4.78 is 5.94. The summed E-state index contributed by atoms with van der Waals surface area (Å²) in [6.07, 6.45) is 0.389. The molecule has 0 amide bonds. The van der Waals surface area contributed by atoms with Gasteiger partial charge in [0.1, 0.15) is 16.9 Å². The topological polar surface area (TPSA) is 61.8 Å². The summed E-state index contributed by atoms with van der Waals surface area (Å²) in [5.74, 6) is -0.210. The Labute approximate surface area is 125 Å². The van der Waals surface area contributed by atoms with E-state index in [2.05, 4.69) is 5.32 Å². The maximum absolute atomic E-state index is 12.1. The molecule has 0 aromatic heterocycles. The molecule has 1 atom stereocenters. The molecular weight excluding hydrogens is 268 g/mol. The van der Waals surface area contributed by atoms with Crippen LogP contribution in [-0.2, 0) is 10.3 Å². The largest absolute Gasteiger partial charge is 0.487 e. The number of carbonyl (C=O) groups is 1. The second-order valence-corrected chi connectivity index (χ2v) is 6.48. The van der Waals surface area contributed by atoms with E-state index in [1.807, 2.05) is 57.1 Å². The summed E-state index contributed by atoms with van der Waals surface area (Å²) in [5.41, 5.74) is -0.928. The molecule has 0 saturated heterocycles. The van der Waals surface area contributed by atoms with Gasteiger partial charge in [0.25, 0.3) is 0 Å². The zero-order valence-corrected chi connectivity index (χ0v) is 13.1. The highest BCUT2D eigenvalue weighted by atomic mass is 16.5. The van der Waals surface area contributed by atoms with Gasteiger partial charge in [0, 0.05) is 25.1 Å². The van der Waals surface area contributed by atoms with E-state index in [-0.39, 0.29) is 0 Å². The van der Waals surface area contributed by atoms with Gasteiger partial charge >= 0.3 is 5.97 Å². The lowest BCUT2D eigenvalue weighted by atomic mass is 9.77. The second kappa shape index (κ2) is 5.66. The molecule has 5 nitrogen and oxygen atoms in total. The van der Waals surface area contributed by atoms with E-state index in [4.69, 9.17) is 4.74 Å². The molecule has 0 saturated carbocycles. The molecule has 0 spiro atoms. The van der Waals surface area contributed by atoms with E-state index in [0.29, 0.717) is 24.3 Å². The van der Waals surface area contributed by atoms with Crippen molar-refractivity contribution in [1.82, 2.24) is 10.2 Å². The van der Waals surface area contributed by atoms with Crippen LogP contribution in [0.25, 0.3) is 0 Å². The van der Waals surface area contributed by atoms with Gasteiger partial charge in [-0.1, -0.05) is 18.2 Å². The fourth-order valence-electron chi connectivity index (χ4n) is 2.89. The predicted molar refractivity (Wildman–Crippen MR) is 81.6 cm³/mol. The van der Waals surface area contributed by atoms with Gasteiger partial charge in [-0.05, 0) is 34.0 Å². The summed E-state index contributed by atoms with van der Waals surface area (Å²) >= 11 is 0. The number of para-hydroxylation sites is 1. The number of nitrogens with zero attached hydrogens (tertiary/aromatic N) is 1. The minimum absolute atomic E-state index is 0.389. The van der Waals surface area contributed by atoms with Crippen molar-refractivity contribution in [2.75, 3.05) is 27.2 Å². The number of fused-ring (bicyclic) bond motifs is 1. The van der Waals surface area contributed by atoms with Crippen LogP contribution in [0, 0.1) is 0 Å². The molecular formula is C16H24N2O3. The Bertz CT molecular complexity index is 528. The summed E-state index contributed by atoms with van der Waals surface area (Å²) in [6, 6.07) is 7.39. The molecule has 0 fully saturated rings. The van der Waals surface area contributed by atoms with Crippen LogP contribution in [0.2, 0.25) is 0 Å².